The molecule has 9 nitrogen and oxygen atoms in total. The van der Waals surface area contributed by atoms with E-state index >= 15 is 0 Å². The zero-order valence-electron chi connectivity index (χ0n) is 20.6. The van der Waals surface area contributed by atoms with Crippen molar-refractivity contribution in [3.8, 4) is 11.3 Å². The van der Waals surface area contributed by atoms with Gasteiger partial charge in [-0.2, -0.15) is 0 Å². The largest absolute Gasteiger partial charge is 0.371 e. The summed E-state index contributed by atoms with van der Waals surface area (Å²) in [6, 6.07) is 12.7. The maximum Gasteiger partial charge on any atom is 0.277 e. The summed E-state index contributed by atoms with van der Waals surface area (Å²) in [6.07, 6.45) is 1.36. The van der Waals surface area contributed by atoms with Gasteiger partial charge in [-0.25, -0.2) is 9.61 Å². The average molecular weight is 464 g/mol. The number of carbonyl (C=O) groups is 1. The summed E-state index contributed by atoms with van der Waals surface area (Å²) in [7, 11) is 4.01. The quantitative estimate of drug-likeness (QED) is 0.593. The van der Waals surface area contributed by atoms with Gasteiger partial charge >= 0.3 is 0 Å². The maximum atomic E-state index is 12.4. The number of nitrogens with one attached hydrogen (secondary N) is 1. The molecule has 0 bridgehead atoms. The minimum absolute atomic E-state index is 0.140. The Kier molecular flexibility index (Phi) is 6.72. The van der Waals surface area contributed by atoms with E-state index in [1.54, 1.807) is 4.90 Å². The highest BCUT2D eigenvalue weighted by atomic mass is 16.6. The number of carbonyl (C=O) groups excluding carboxylic acids is 1. The lowest BCUT2D eigenvalue weighted by atomic mass is 9.96. The van der Waals surface area contributed by atoms with E-state index in [1.807, 2.05) is 7.05 Å². The van der Waals surface area contributed by atoms with Crippen LogP contribution in [0.2, 0.25) is 0 Å². The van der Waals surface area contributed by atoms with Crippen LogP contribution in [0.5, 0.6) is 0 Å². The fraction of sp³-hybridized carbons (Fsp3) is 0.440. The number of hydrogen-bond donors (Lipinski definition) is 1. The van der Waals surface area contributed by atoms with Crippen LogP contribution < -0.4 is 15.1 Å². The summed E-state index contributed by atoms with van der Waals surface area (Å²) in [4.78, 5) is 23.6. The lowest BCUT2D eigenvalue weighted by Gasteiger charge is -2.35. The van der Waals surface area contributed by atoms with Crippen LogP contribution in [-0.2, 0) is 0 Å². The number of amides is 1. The summed E-state index contributed by atoms with van der Waals surface area (Å²) < 4.78 is 4.55. The first kappa shape index (κ1) is 23.5. The monoisotopic (exact) mass is 463 g/mol. The third-order valence-corrected chi connectivity index (χ3v) is 5.91. The molecule has 1 aliphatic rings. The Morgan fingerprint density at radius 3 is 2.38 bits per heavy atom. The highest BCUT2D eigenvalue weighted by Crippen LogP contribution is 2.30. The minimum atomic E-state index is -0.140. The lowest BCUT2D eigenvalue weighted by Crippen LogP contribution is -2.48. The van der Waals surface area contributed by atoms with E-state index in [9.17, 15) is 4.79 Å². The highest BCUT2D eigenvalue weighted by Gasteiger charge is 2.24. The molecule has 0 saturated carbocycles. The molecule has 0 unspecified atom stereocenters. The number of pyridine rings is 1. The van der Waals surface area contributed by atoms with Gasteiger partial charge in [0.1, 0.15) is 12.0 Å². The van der Waals surface area contributed by atoms with Crippen LogP contribution in [0.1, 0.15) is 31.3 Å². The molecule has 1 fully saturated rings. The van der Waals surface area contributed by atoms with Gasteiger partial charge in [-0.3, -0.25) is 4.79 Å². The maximum absolute atomic E-state index is 12.4. The van der Waals surface area contributed by atoms with Crippen LogP contribution >= 0.6 is 0 Å². The molecule has 0 radical (unpaired) electrons. The highest BCUT2D eigenvalue weighted by molar-refractivity contribution is 5.92. The zero-order valence-corrected chi connectivity index (χ0v) is 20.6. The van der Waals surface area contributed by atoms with E-state index in [0.717, 1.165) is 48.1 Å². The van der Waals surface area contributed by atoms with E-state index in [2.05, 4.69) is 94.3 Å². The average Bonchev–Trinajstić information content (AvgIpc) is 3.37. The van der Waals surface area contributed by atoms with Gasteiger partial charge in [0, 0.05) is 58.1 Å². The molecule has 0 atom stereocenters. The molecule has 34 heavy (non-hydrogen) atoms. The minimum Gasteiger partial charge on any atom is -0.371 e. The van der Waals surface area contributed by atoms with Crippen LogP contribution in [0.4, 0.5) is 17.2 Å². The Hall–Kier alpha value is -3.62. The van der Waals surface area contributed by atoms with Crippen molar-refractivity contribution in [2.24, 2.45) is 5.41 Å². The standard InChI is InChI=1S/C25H33N7O2/c1-25(2,3)17-30(5)22-11-10-20(28-23(22)26-4)18-6-8-19(9-7-18)31-12-14-32(15-13-31)24(33)21-16-27-34-29-21/h6-11,16H,12-15,17H2,1-5H3,(H,26,28). The van der Waals surface area contributed by atoms with Gasteiger partial charge in [-0.15, -0.1) is 0 Å². The molecular formula is C25H33N7O2. The van der Waals surface area contributed by atoms with Crippen LogP contribution in [0.25, 0.3) is 11.3 Å². The molecule has 0 spiro atoms. The van der Waals surface area contributed by atoms with Crippen LogP contribution in [0.15, 0.2) is 47.2 Å². The van der Waals surface area contributed by atoms with E-state index in [-0.39, 0.29) is 17.0 Å². The zero-order chi connectivity index (χ0) is 24.3. The van der Waals surface area contributed by atoms with Crippen LogP contribution in [-0.4, -0.2) is 72.9 Å². The topological polar surface area (TPSA) is 90.6 Å². The molecule has 1 N–H and O–H groups in total. The van der Waals surface area contributed by atoms with Gasteiger partial charge in [0.25, 0.3) is 5.91 Å². The second kappa shape index (κ2) is 9.70. The van der Waals surface area contributed by atoms with Crippen molar-refractivity contribution in [1.82, 2.24) is 20.2 Å². The number of benzene rings is 1. The lowest BCUT2D eigenvalue weighted by molar-refractivity contribution is 0.0735. The number of aromatic nitrogens is 3. The second-order valence-corrected chi connectivity index (χ2v) is 9.85. The molecule has 1 amide bonds. The van der Waals surface area contributed by atoms with Crippen molar-refractivity contribution in [2.75, 3.05) is 61.9 Å². The van der Waals surface area contributed by atoms with Gasteiger partial charge in [-0.1, -0.05) is 38.1 Å². The SMILES string of the molecule is CNc1nc(-c2ccc(N3CCN(C(=O)c4cnon4)CC3)cc2)ccc1N(C)CC(C)(C)C. The summed E-state index contributed by atoms with van der Waals surface area (Å²) in [6.45, 7) is 10.4. The Morgan fingerprint density at radius 2 is 1.79 bits per heavy atom. The van der Waals surface area contributed by atoms with Crippen LogP contribution in [0.3, 0.4) is 0 Å². The van der Waals surface area contributed by atoms with E-state index in [4.69, 9.17) is 4.98 Å². The van der Waals surface area contributed by atoms with E-state index < -0.39 is 0 Å². The van der Waals surface area contributed by atoms with Crippen molar-refractivity contribution in [3.63, 3.8) is 0 Å². The molecular weight excluding hydrogens is 430 g/mol. The second-order valence-electron chi connectivity index (χ2n) is 9.85. The molecule has 1 aromatic carbocycles. The summed E-state index contributed by atoms with van der Waals surface area (Å²) in [5, 5.41) is 10.4. The van der Waals surface area contributed by atoms with Gasteiger partial charge in [0.05, 0.1) is 11.4 Å². The number of rotatable bonds is 6. The number of anilines is 3. The Labute approximate surface area is 200 Å². The summed E-state index contributed by atoms with van der Waals surface area (Å²) in [5.41, 5.74) is 4.67. The van der Waals surface area contributed by atoms with Crippen LogP contribution in [0, 0.1) is 5.41 Å². The first-order chi connectivity index (χ1) is 16.2. The Balaban J connectivity index is 1.42. The number of nitrogens with zero attached hydrogens (tertiary/aromatic N) is 6. The van der Waals surface area contributed by atoms with E-state index in [1.165, 1.54) is 6.20 Å². The van der Waals surface area contributed by atoms with Gasteiger partial charge in [0.2, 0.25) is 0 Å². The van der Waals surface area contributed by atoms with Gasteiger partial charge < -0.3 is 20.0 Å². The predicted octanol–water partition coefficient (Wildman–Crippen LogP) is 3.62. The summed E-state index contributed by atoms with van der Waals surface area (Å²) >= 11 is 0. The van der Waals surface area contributed by atoms with Crippen molar-refractivity contribution >= 4 is 23.1 Å². The first-order valence-electron chi connectivity index (χ1n) is 11.6. The molecule has 3 heterocycles. The Bertz CT molecular complexity index is 1100. The molecule has 4 rings (SSSR count). The fourth-order valence-corrected chi connectivity index (χ4v) is 4.33. The Morgan fingerprint density at radius 1 is 1.09 bits per heavy atom. The van der Waals surface area contributed by atoms with Crippen molar-refractivity contribution < 1.29 is 9.42 Å². The molecule has 0 aliphatic carbocycles. The number of hydrogen-bond acceptors (Lipinski definition) is 8. The molecule has 1 saturated heterocycles. The smallest absolute Gasteiger partial charge is 0.277 e. The third-order valence-electron chi connectivity index (χ3n) is 5.91. The molecule has 2 aromatic heterocycles. The normalized spacial score (nSPS) is 14.3. The molecule has 180 valence electrons. The first-order valence-corrected chi connectivity index (χ1v) is 11.6. The molecule has 9 heteroatoms. The van der Waals surface area contributed by atoms with Gasteiger partial charge in [0.15, 0.2) is 5.69 Å². The van der Waals surface area contributed by atoms with Crippen molar-refractivity contribution in [2.45, 2.75) is 20.8 Å². The fourth-order valence-electron chi connectivity index (χ4n) is 4.33. The van der Waals surface area contributed by atoms with Gasteiger partial charge in [-0.05, 0) is 34.8 Å². The summed E-state index contributed by atoms with van der Waals surface area (Å²) in [5.74, 6) is 0.732. The van der Waals surface area contributed by atoms with Crippen molar-refractivity contribution in [3.05, 3.63) is 48.3 Å². The molecule has 1 aliphatic heterocycles. The predicted molar refractivity (Wildman–Crippen MR) is 134 cm³/mol. The number of piperazine rings is 1. The van der Waals surface area contributed by atoms with E-state index in [0.29, 0.717) is 13.1 Å². The van der Waals surface area contributed by atoms with Crippen molar-refractivity contribution in [1.29, 1.82) is 0 Å². The molecule has 3 aromatic rings. The third kappa shape index (κ3) is 5.30.